The Balaban J connectivity index is 2.36. The lowest BCUT2D eigenvalue weighted by Gasteiger charge is -2.13. The predicted octanol–water partition coefficient (Wildman–Crippen LogP) is 4.85. The number of carbonyl (C=O) groups is 2. The largest absolute Gasteiger partial charge is 0.493 e. The van der Waals surface area contributed by atoms with Gasteiger partial charge in [-0.25, -0.2) is 14.0 Å². The zero-order valence-electron chi connectivity index (χ0n) is 16.0. The van der Waals surface area contributed by atoms with Gasteiger partial charge >= 0.3 is 11.9 Å². The Kier molecular flexibility index (Phi) is 6.71. The minimum atomic E-state index is -0.703. The molecule has 0 saturated heterocycles. The zero-order chi connectivity index (χ0) is 20.8. The third-order valence-corrected chi connectivity index (χ3v) is 3.61. The summed E-state index contributed by atoms with van der Waals surface area (Å²) in [5.41, 5.74) is 1.54. The first-order valence-corrected chi connectivity index (χ1v) is 8.55. The molecule has 0 unspecified atom stereocenters. The molecule has 0 aromatic heterocycles. The molecule has 146 valence electrons. The number of rotatable bonds is 7. The second-order valence-electron chi connectivity index (χ2n) is 6.08. The van der Waals surface area contributed by atoms with Crippen molar-refractivity contribution < 1.29 is 28.2 Å². The first kappa shape index (κ1) is 20.9. The smallest absolute Gasteiger partial charge is 0.338 e. The van der Waals surface area contributed by atoms with Crippen molar-refractivity contribution in [3.05, 3.63) is 66.5 Å². The normalized spacial score (nSPS) is 10.1. The molecule has 0 saturated carbocycles. The van der Waals surface area contributed by atoms with Crippen LogP contribution in [0.3, 0.4) is 0 Å². The molecule has 0 fully saturated rings. The summed E-state index contributed by atoms with van der Waals surface area (Å²) < 4.78 is 30.2. The van der Waals surface area contributed by atoms with Gasteiger partial charge in [-0.2, -0.15) is 0 Å². The van der Waals surface area contributed by atoms with E-state index in [0.717, 1.165) is 0 Å². The van der Waals surface area contributed by atoms with E-state index in [0.29, 0.717) is 23.5 Å². The van der Waals surface area contributed by atoms with Crippen LogP contribution in [-0.4, -0.2) is 18.5 Å². The highest BCUT2D eigenvalue weighted by atomic mass is 19.1. The van der Waals surface area contributed by atoms with Gasteiger partial charge in [-0.15, -0.1) is 0 Å². The lowest BCUT2D eigenvalue weighted by molar-refractivity contribution is -0.131. The van der Waals surface area contributed by atoms with Gasteiger partial charge in [-0.1, -0.05) is 19.2 Å². The molecule has 0 spiro atoms. The van der Waals surface area contributed by atoms with Crippen LogP contribution >= 0.6 is 0 Å². The Morgan fingerprint density at radius 2 is 1.57 bits per heavy atom. The number of hydrogen-bond donors (Lipinski definition) is 0. The van der Waals surface area contributed by atoms with E-state index in [9.17, 15) is 14.0 Å². The lowest BCUT2D eigenvalue weighted by Crippen LogP contribution is -2.09. The SMILES string of the molecule is C=C(C)C(=O)Oc1ccc(-c2ccc(OC(=O)C(=C)C)c(F)c2)c(OCC)c1. The molecule has 0 aliphatic carbocycles. The van der Waals surface area contributed by atoms with Crippen LogP contribution in [0.25, 0.3) is 11.1 Å². The topological polar surface area (TPSA) is 61.8 Å². The molecule has 0 amide bonds. The first-order chi connectivity index (χ1) is 13.2. The van der Waals surface area contributed by atoms with Crippen molar-refractivity contribution >= 4 is 11.9 Å². The maximum Gasteiger partial charge on any atom is 0.338 e. The number of esters is 2. The number of ether oxygens (including phenoxy) is 3. The Morgan fingerprint density at radius 3 is 2.14 bits per heavy atom. The fourth-order valence-electron chi connectivity index (χ4n) is 2.21. The van der Waals surface area contributed by atoms with Crippen molar-refractivity contribution in [2.75, 3.05) is 6.61 Å². The molecular weight excluding hydrogens is 363 g/mol. The van der Waals surface area contributed by atoms with Crippen molar-refractivity contribution in [3.63, 3.8) is 0 Å². The maximum atomic E-state index is 14.4. The fourth-order valence-corrected chi connectivity index (χ4v) is 2.21. The van der Waals surface area contributed by atoms with E-state index < -0.39 is 17.8 Å². The molecule has 0 bridgehead atoms. The van der Waals surface area contributed by atoms with E-state index in [-0.39, 0.29) is 22.6 Å². The van der Waals surface area contributed by atoms with Crippen LogP contribution in [0.1, 0.15) is 20.8 Å². The van der Waals surface area contributed by atoms with Crippen molar-refractivity contribution in [3.8, 4) is 28.4 Å². The Bertz CT molecular complexity index is 946. The zero-order valence-corrected chi connectivity index (χ0v) is 16.0. The number of benzene rings is 2. The lowest BCUT2D eigenvalue weighted by atomic mass is 10.0. The van der Waals surface area contributed by atoms with Gasteiger partial charge in [0.15, 0.2) is 11.6 Å². The van der Waals surface area contributed by atoms with Crippen LogP contribution in [-0.2, 0) is 9.59 Å². The Morgan fingerprint density at radius 1 is 0.929 bits per heavy atom. The molecule has 5 nitrogen and oxygen atoms in total. The summed E-state index contributed by atoms with van der Waals surface area (Å²) in [6.45, 7) is 12.2. The van der Waals surface area contributed by atoms with Gasteiger partial charge in [0.25, 0.3) is 0 Å². The monoisotopic (exact) mass is 384 g/mol. The molecule has 0 radical (unpaired) electrons. The van der Waals surface area contributed by atoms with Gasteiger partial charge in [0, 0.05) is 22.8 Å². The molecular formula is C22H21FO5. The van der Waals surface area contributed by atoms with Crippen molar-refractivity contribution in [2.24, 2.45) is 0 Å². The van der Waals surface area contributed by atoms with Crippen LogP contribution in [0.2, 0.25) is 0 Å². The highest BCUT2D eigenvalue weighted by molar-refractivity contribution is 5.89. The molecule has 0 atom stereocenters. The number of halogens is 1. The summed E-state index contributed by atoms with van der Waals surface area (Å²) in [4.78, 5) is 23.3. The molecule has 0 aliphatic rings. The molecule has 2 aromatic carbocycles. The highest BCUT2D eigenvalue weighted by Crippen LogP contribution is 2.35. The summed E-state index contributed by atoms with van der Waals surface area (Å²) in [6.07, 6.45) is 0. The van der Waals surface area contributed by atoms with Crippen LogP contribution < -0.4 is 14.2 Å². The van der Waals surface area contributed by atoms with Gasteiger partial charge in [-0.3, -0.25) is 0 Å². The van der Waals surface area contributed by atoms with Gasteiger partial charge in [0.1, 0.15) is 11.5 Å². The average Bonchev–Trinajstić information content (AvgIpc) is 2.63. The molecule has 28 heavy (non-hydrogen) atoms. The van der Waals surface area contributed by atoms with Crippen molar-refractivity contribution in [2.45, 2.75) is 20.8 Å². The van der Waals surface area contributed by atoms with Crippen molar-refractivity contribution in [1.82, 2.24) is 0 Å². The number of hydrogen-bond acceptors (Lipinski definition) is 5. The molecule has 0 N–H and O–H groups in total. The maximum absolute atomic E-state index is 14.4. The summed E-state index contributed by atoms with van der Waals surface area (Å²) >= 11 is 0. The second kappa shape index (κ2) is 8.99. The van der Waals surface area contributed by atoms with Crippen LogP contribution in [0.4, 0.5) is 4.39 Å². The van der Waals surface area contributed by atoms with Crippen molar-refractivity contribution in [1.29, 1.82) is 0 Å². The van der Waals surface area contributed by atoms with Crippen LogP contribution in [0.5, 0.6) is 17.2 Å². The van der Waals surface area contributed by atoms with E-state index in [1.54, 1.807) is 38.1 Å². The van der Waals surface area contributed by atoms with Gasteiger partial charge in [-0.05, 0) is 50.6 Å². The highest BCUT2D eigenvalue weighted by Gasteiger charge is 2.15. The minimum Gasteiger partial charge on any atom is -0.493 e. The molecule has 2 rings (SSSR count). The Hall–Kier alpha value is -3.41. The fraction of sp³-hybridized carbons (Fsp3) is 0.182. The summed E-state index contributed by atoms with van der Waals surface area (Å²) in [5, 5.41) is 0. The Labute approximate surface area is 163 Å². The minimum absolute atomic E-state index is 0.169. The third kappa shape index (κ3) is 5.07. The predicted molar refractivity (Wildman–Crippen MR) is 104 cm³/mol. The quantitative estimate of drug-likeness (QED) is 0.388. The van der Waals surface area contributed by atoms with E-state index in [4.69, 9.17) is 14.2 Å². The van der Waals surface area contributed by atoms with E-state index in [2.05, 4.69) is 13.2 Å². The molecule has 2 aromatic rings. The van der Waals surface area contributed by atoms with Crippen LogP contribution in [0.15, 0.2) is 60.7 Å². The second-order valence-corrected chi connectivity index (χ2v) is 6.08. The third-order valence-electron chi connectivity index (χ3n) is 3.61. The van der Waals surface area contributed by atoms with Gasteiger partial charge in [0.2, 0.25) is 0 Å². The van der Waals surface area contributed by atoms with Gasteiger partial charge in [0.05, 0.1) is 6.61 Å². The first-order valence-electron chi connectivity index (χ1n) is 8.55. The van der Waals surface area contributed by atoms with E-state index >= 15 is 0 Å². The molecule has 0 aliphatic heterocycles. The molecule has 6 heteroatoms. The summed E-state index contributed by atoms with van der Waals surface area (Å²) in [7, 11) is 0. The summed E-state index contributed by atoms with van der Waals surface area (Å²) in [5.74, 6) is -1.45. The van der Waals surface area contributed by atoms with E-state index in [1.165, 1.54) is 19.1 Å². The average molecular weight is 384 g/mol. The standard InChI is InChI=1S/C22H21FO5/c1-6-26-20-12-16(27-21(24)13(2)3)8-9-17(20)15-7-10-19(18(23)11-15)28-22(25)14(4)5/h7-12H,2,4,6H2,1,3,5H3. The van der Waals surface area contributed by atoms with Gasteiger partial charge < -0.3 is 14.2 Å². The van der Waals surface area contributed by atoms with E-state index in [1.807, 2.05) is 0 Å². The summed E-state index contributed by atoms with van der Waals surface area (Å²) in [6, 6.07) is 8.97. The van der Waals surface area contributed by atoms with Crippen LogP contribution in [0, 0.1) is 5.82 Å². The molecule has 0 heterocycles. The number of carbonyl (C=O) groups excluding carboxylic acids is 2.